The number of morpholine rings is 1. The molecule has 0 unspecified atom stereocenters. The van der Waals surface area contributed by atoms with Gasteiger partial charge in [0, 0.05) is 36.1 Å². The smallest absolute Gasteiger partial charge is 0.252 e. The Labute approximate surface area is 142 Å². The van der Waals surface area contributed by atoms with Crippen LogP contribution in [-0.4, -0.2) is 42.3 Å². The highest BCUT2D eigenvalue weighted by atomic mass is 16.5. The molecule has 1 saturated heterocycles. The van der Waals surface area contributed by atoms with Crippen molar-refractivity contribution in [2.75, 3.05) is 26.8 Å². The second-order valence-corrected chi connectivity index (χ2v) is 6.53. The lowest BCUT2D eigenvalue weighted by Gasteiger charge is -2.42. The number of hydrogen-bond donors (Lipinski definition) is 1. The summed E-state index contributed by atoms with van der Waals surface area (Å²) in [7, 11) is 1.65. The molecule has 1 N–H and O–H groups in total. The fourth-order valence-corrected chi connectivity index (χ4v) is 3.45. The number of nitrogens with zero attached hydrogens (tertiary/aromatic N) is 1. The molecule has 0 spiro atoms. The van der Waals surface area contributed by atoms with Gasteiger partial charge in [-0.2, -0.15) is 0 Å². The number of pyridine rings is 1. The molecule has 1 fully saturated rings. The van der Waals surface area contributed by atoms with Gasteiger partial charge in [-0.1, -0.05) is 13.8 Å². The number of aromatic amines is 1. The van der Waals surface area contributed by atoms with Gasteiger partial charge >= 0.3 is 0 Å². The number of ether oxygens (including phenoxy) is 2. The first-order chi connectivity index (χ1) is 11.6. The molecule has 0 amide bonds. The van der Waals surface area contributed by atoms with Gasteiger partial charge < -0.3 is 14.5 Å². The molecule has 0 saturated carbocycles. The molecule has 1 aliphatic heterocycles. The highest BCUT2D eigenvalue weighted by molar-refractivity contribution is 5.80. The predicted molar refractivity (Wildman–Crippen MR) is 95.7 cm³/mol. The number of methoxy groups -OCH3 is 1. The molecular formula is C19H26N2O3. The van der Waals surface area contributed by atoms with E-state index < -0.39 is 0 Å². The highest BCUT2D eigenvalue weighted by Crippen LogP contribution is 2.26. The van der Waals surface area contributed by atoms with E-state index in [0.717, 1.165) is 54.8 Å². The van der Waals surface area contributed by atoms with E-state index in [4.69, 9.17) is 9.47 Å². The molecule has 2 aromatic rings. The van der Waals surface area contributed by atoms with Gasteiger partial charge in [0.25, 0.3) is 5.56 Å². The minimum absolute atomic E-state index is 0.0160. The first-order valence-corrected chi connectivity index (χ1v) is 8.65. The standard InChI is InChI=1S/C19H26N2O3/c1-4-19(5-2)13-21(8-9-24-19)12-15-10-14-11-16(23-3)6-7-17(14)20-18(15)22/h6-7,10-11H,4-5,8-9,12-13H2,1-3H3,(H,20,22). The number of aromatic nitrogens is 1. The molecule has 0 atom stereocenters. The van der Waals surface area contributed by atoms with Gasteiger partial charge in [0.2, 0.25) is 0 Å². The van der Waals surface area contributed by atoms with Crippen molar-refractivity contribution in [3.63, 3.8) is 0 Å². The van der Waals surface area contributed by atoms with Crippen LogP contribution in [0.15, 0.2) is 29.1 Å². The van der Waals surface area contributed by atoms with Crippen LogP contribution in [0.4, 0.5) is 0 Å². The predicted octanol–water partition coefficient (Wildman–Crippen LogP) is 2.93. The lowest BCUT2D eigenvalue weighted by Crippen LogP contribution is -2.51. The molecular weight excluding hydrogens is 304 g/mol. The summed E-state index contributed by atoms with van der Waals surface area (Å²) in [5.74, 6) is 0.794. The Morgan fingerprint density at radius 2 is 2.08 bits per heavy atom. The zero-order valence-electron chi connectivity index (χ0n) is 14.7. The molecule has 1 aromatic heterocycles. The third kappa shape index (κ3) is 3.32. The maximum atomic E-state index is 12.4. The highest BCUT2D eigenvalue weighted by Gasteiger charge is 2.33. The van der Waals surface area contributed by atoms with Gasteiger partial charge in [0.05, 0.1) is 19.3 Å². The van der Waals surface area contributed by atoms with Crippen LogP contribution in [0.3, 0.4) is 0 Å². The van der Waals surface area contributed by atoms with Gasteiger partial charge in [0.1, 0.15) is 5.75 Å². The van der Waals surface area contributed by atoms with E-state index in [1.54, 1.807) is 7.11 Å². The quantitative estimate of drug-likeness (QED) is 0.916. The van der Waals surface area contributed by atoms with Crippen molar-refractivity contribution in [2.24, 2.45) is 0 Å². The largest absolute Gasteiger partial charge is 0.497 e. The molecule has 3 rings (SSSR count). The van der Waals surface area contributed by atoms with E-state index in [0.29, 0.717) is 6.54 Å². The molecule has 1 aromatic carbocycles. The molecule has 24 heavy (non-hydrogen) atoms. The molecule has 2 heterocycles. The fourth-order valence-electron chi connectivity index (χ4n) is 3.45. The van der Waals surface area contributed by atoms with Gasteiger partial charge in [-0.3, -0.25) is 9.69 Å². The Kier molecular flexibility index (Phi) is 4.92. The third-order valence-corrected chi connectivity index (χ3v) is 5.14. The first kappa shape index (κ1) is 17.0. The van der Waals surface area contributed by atoms with Gasteiger partial charge in [-0.15, -0.1) is 0 Å². The summed E-state index contributed by atoms with van der Waals surface area (Å²) < 4.78 is 11.3. The lowest BCUT2D eigenvalue weighted by molar-refractivity contribution is -0.115. The maximum absolute atomic E-state index is 12.4. The summed E-state index contributed by atoms with van der Waals surface area (Å²) in [5, 5.41) is 0.995. The number of fused-ring (bicyclic) bond motifs is 1. The summed E-state index contributed by atoms with van der Waals surface area (Å²) in [4.78, 5) is 17.7. The van der Waals surface area contributed by atoms with E-state index in [2.05, 4.69) is 23.7 Å². The monoisotopic (exact) mass is 330 g/mol. The van der Waals surface area contributed by atoms with Crippen molar-refractivity contribution >= 4 is 10.9 Å². The van der Waals surface area contributed by atoms with Crippen LogP contribution in [0.1, 0.15) is 32.3 Å². The van der Waals surface area contributed by atoms with E-state index >= 15 is 0 Å². The van der Waals surface area contributed by atoms with Crippen LogP contribution in [-0.2, 0) is 11.3 Å². The second kappa shape index (κ2) is 6.95. The van der Waals surface area contributed by atoms with Crippen LogP contribution in [0, 0.1) is 0 Å². The maximum Gasteiger partial charge on any atom is 0.252 e. The summed E-state index contributed by atoms with van der Waals surface area (Å²) in [6.45, 7) is 7.44. The second-order valence-electron chi connectivity index (χ2n) is 6.53. The molecule has 0 bridgehead atoms. The molecule has 5 heteroatoms. The number of nitrogens with one attached hydrogen (secondary N) is 1. The lowest BCUT2D eigenvalue weighted by atomic mass is 9.94. The molecule has 130 valence electrons. The van der Waals surface area contributed by atoms with Crippen molar-refractivity contribution < 1.29 is 9.47 Å². The summed E-state index contributed by atoms with van der Waals surface area (Å²) in [6.07, 6.45) is 1.98. The van der Waals surface area contributed by atoms with Crippen molar-refractivity contribution in [2.45, 2.75) is 38.8 Å². The normalized spacial score (nSPS) is 18.0. The van der Waals surface area contributed by atoms with Crippen molar-refractivity contribution in [1.82, 2.24) is 9.88 Å². The molecule has 0 radical (unpaired) electrons. The van der Waals surface area contributed by atoms with E-state index in [9.17, 15) is 4.79 Å². The van der Waals surface area contributed by atoms with Crippen LogP contribution >= 0.6 is 0 Å². The zero-order chi connectivity index (χ0) is 17.2. The Morgan fingerprint density at radius 3 is 2.79 bits per heavy atom. The molecule has 5 nitrogen and oxygen atoms in total. The SMILES string of the molecule is CCC1(CC)CN(Cc2cc3cc(OC)ccc3[nH]c2=O)CCO1. The number of hydrogen-bond acceptors (Lipinski definition) is 4. The summed E-state index contributed by atoms with van der Waals surface area (Å²) in [5.41, 5.74) is 1.53. The van der Waals surface area contributed by atoms with E-state index in [1.807, 2.05) is 24.3 Å². The van der Waals surface area contributed by atoms with Gasteiger partial charge in [-0.25, -0.2) is 0 Å². The Morgan fingerprint density at radius 1 is 1.29 bits per heavy atom. The molecule has 0 aliphatic carbocycles. The molecule has 1 aliphatic rings. The summed E-state index contributed by atoms with van der Waals surface area (Å²) >= 11 is 0. The third-order valence-electron chi connectivity index (χ3n) is 5.14. The van der Waals surface area contributed by atoms with Gasteiger partial charge in [0.15, 0.2) is 0 Å². The fraction of sp³-hybridized carbons (Fsp3) is 0.526. The Balaban J connectivity index is 1.86. The van der Waals surface area contributed by atoms with E-state index in [-0.39, 0.29) is 11.2 Å². The van der Waals surface area contributed by atoms with Crippen LogP contribution in [0.25, 0.3) is 10.9 Å². The average Bonchev–Trinajstić information content (AvgIpc) is 2.62. The van der Waals surface area contributed by atoms with E-state index in [1.165, 1.54) is 0 Å². The number of rotatable bonds is 5. The van der Waals surface area contributed by atoms with Crippen molar-refractivity contribution in [3.8, 4) is 5.75 Å². The van der Waals surface area contributed by atoms with Crippen molar-refractivity contribution in [1.29, 1.82) is 0 Å². The van der Waals surface area contributed by atoms with Crippen LogP contribution < -0.4 is 10.3 Å². The Hall–Kier alpha value is -1.85. The Bertz CT molecular complexity index is 765. The van der Waals surface area contributed by atoms with Crippen molar-refractivity contribution in [3.05, 3.63) is 40.2 Å². The topological polar surface area (TPSA) is 54.6 Å². The van der Waals surface area contributed by atoms with Crippen LogP contribution in [0.5, 0.6) is 5.75 Å². The minimum atomic E-state index is -0.0783. The first-order valence-electron chi connectivity index (χ1n) is 8.65. The number of H-pyrrole nitrogens is 1. The average molecular weight is 330 g/mol. The summed E-state index contributed by atoms with van der Waals surface area (Å²) in [6, 6.07) is 7.67. The number of benzene rings is 1. The van der Waals surface area contributed by atoms with Gasteiger partial charge in [-0.05, 0) is 37.1 Å². The zero-order valence-corrected chi connectivity index (χ0v) is 14.7. The van der Waals surface area contributed by atoms with Crippen LogP contribution in [0.2, 0.25) is 0 Å². The minimum Gasteiger partial charge on any atom is -0.497 e.